The number of nitrogens with one attached hydrogen (secondary N) is 1. The third kappa shape index (κ3) is 6.55. The van der Waals surface area contributed by atoms with Gasteiger partial charge in [-0.1, -0.05) is 26.0 Å². The molecule has 1 rings (SSSR count). The number of amides is 1. The van der Waals surface area contributed by atoms with E-state index in [0.29, 0.717) is 12.2 Å². The lowest BCUT2D eigenvalue weighted by atomic mass is 9.90. The average Bonchev–Trinajstić information content (AvgIpc) is 2.57. The number of nitrogens with zero attached hydrogens (tertiary/aromatic N) is 1. The number of benzene rings is 1. The van der Waals surface area contributed by atoms with Crippen LogP contribution in [0.2, 0.25) is 0 Å². The van der Waals surface area contributed by atoms with E-state index < -0.39 is 24.0 Å². The number of esters is 1. The lowest BCUT2D eigenvalue weighted by Gasteiger charge is -2.27. The van der Waals surface area contributed by atoms with Gasteiger partial charge in [-0.05, 0) is 44.4 Å². The number of nitriles is 1. The molecule has 136 valence electrons. The zero-order valence-electron chi connectivity index (χ0n) is 15.5. The molecule has 0 aliphatic rings. The fraction of sp³-hybridized carbons (Fsp3) is 0.526. The Hall–Kier alpha value is -2.39. The Morgan fingerprint density at radius 2 is 1.80 bits per heavy atom. The van der Waals surface area contributed by atoms with Crippen molar-refractivity contribution in [3.8, 4) is 6.07 Å². The highest BCUT2D eigenvalue weighted by Gasteiger charge is 2.30. The van der Waals surface area contributed by atoms with Crippen LogP contribution in [0, 0.1) is 17.2 Å². The molecule has 25 heavy (non-hydrogen) atoms. The third-order valence-corrected chi connectivity index (χ3v) is 3.89. The molecule has 0 aliphatic heterocycles. The van der Waals surface area contributed by atoms with Gasteiger partial charge in [-0.25, -0.2) is 4.79 Å². The van der Waals surface area contributed by atoms with Crippen molar-refractivity contribution in [3.05, 3.63) is 35.4 Å². The first-order chi connectivity index (χ1) is 11.7. The minimum Gasteiger partial charge on any atom is -0.452 e. The highest BCUT2D eigenvalue weighted by molar-refractivity contribution is 5.91. The first kappa shape index (κ1) is 20.7. The number of carbonyl (C=O) groups excluding carboxylic acids is 2. The van der Waals surface area contributed by atoms with E-state index in [1.165, 1.54) is 0 Å². The van der Waals surface area contributed by atoms with Crippen LogP contribution in [-0.4, -0.2) is 30.1 Å². The molecular weight excluding hydrogens is 320 g/mol. The molecule has 0 aliphatic carbocycles. The summed E-state index contributed by atoms with van der Waals surface area (Å²) >= 11 is 0. The topological polar surface area (TPSA) is 88.4 Å². The van der Waals surface area contributed by atoms with Gasteiger partial charge in [0.1, 0.15) is 5.54 Å². The van der Waals surface area contributed by atoms with Gasteiger partial charge < -0.3 is 14.8 Å². The van der Waals surface area contributed by atoms with Gasteiger partial charge in [-0.2, -0.15) is 5.26 Å². The van der Waals surface area contributed by atoms with E-state index in [1.54, 1.807) is 31.2 Å². The molecule has 1 aromatic rings. The quantitative estimate of drug-likeness (QED) is 0.731. The highest BCUT2D eigenvalue weighted by atomic mass is 16.5. The van der Waals surface area contributed by atoms with Gasteiger partial charge in [0, 0.05) is 0 Å². The summed E-state index contributed by atoms with van der Waals surface area (Å²) in [5.74, 6) is -1.17. The third-order valence-electron chi connectivity index (χ3n) is 3.89. The lowest BCUT2D eigenvalue weighted by Crippen LogP contribution is -2.50. The van der Waals surface area contributed by atoms with Crippen molar-refractivity contribution in [2.24, 2.45) is 5.92 Å². The van der Waals surface area contributed by atoms with Crippen LogP contribution in [0.4, 0.5) is 0 Å². The van der Waals surface area contributed by atoms with Gasteiger partial charge in [0.25, 0.3) is 5.91 Å². The number of carbonyl (C=O) groups is 2. The maximum Gasteiger partial charge on any atom is 0.338 e. The van der Waals surface area contributed by atoms with Crippen molar-refractivity contribution in [1.82, 2.24) is 5.32 Å². The normalized spacial score (nSPS) is 13.2. The van der Waals surface area contributed by atoms with Crippen molar-refractivity contribution in [2.75, 3.05) is 6.61 Å². The fourth-order valence-corrected chi connectivity index (χ4v) is 1.84. The predicted octanol–water partition coefficient (Wildman–Crippen LogP) is 2.82. The fourth-order valence-electron chi connectivity index (χ4n) is 1.84. The van der Waals surface area contributed by atoms with E-state index in [-0.39, 0.29) is 12.0 Å². The van der Waals surface area contributed by atoms with Crippen molar-refractivity contribution in [3.63, 3.8) is 0 Å². The molecule has 0 fully saturated rings. The molecule has 0 saturated carbocycles. The molecule has 1 aromatic carbocycles. The Morgan fingerprint density at radius 1 is 1.20 bits per heavy atom. The molecule has 0 bridgehead atoms. The van der Waals surface area contributed by atoms with Crippen LogP contribution in [0.5, 0.6) is 0 Å². The molecule has 0 unspecified atom stereocenters. The molecule has 6 heteroatoms. The van der Waals surface area contributed by atoms with Crippen molar-refractivity contribution >= 4 is 11.9 Å². The minimum absolute atomic E-state index is 0.0715. The Morgan fingerprint density at radius 3 is 2.28 bits per heavy atom. The molecule has 0 aromatic heterocycles. The van der Waals surface area contributed by atoms with Crippen LogP contribution < -0.4 is 5.32 Å². The van der Waals surface area contributed by atoms with Crippen LogP contribution in [0.3, 0.4) is 0 Å². The SMILES string of the molecule is CC(C)OCc1ccc(C(=O)OCC(=O)N[C@](C)(C#N)C(C)C)cc1. The smallest absolute Gasteiger partial charge is 0.338 e. The molecule has 0 radical (unpaired) electrons. The van der Waals surface area contributed by atoms with E-state index in [9.17, 15) is 14.9 Å². The maximum absolute atomic E-state index is 12.0. The van der Waals surface area contributed by atoms with E-state index in [2.05, 4.69) is 11.4 Å². The molecule has 0 saturated heterocycles. The Kier molecular flexibility index (Phi) is 7.59. The van der Waals surface area contributed by atoms with E-state index in [4.69, 9.17) is 9.47 Å². The Bertz CT molecular complexity index is 632. The molecule has 1 N–H and O–H groups in total. The van der Waals surface area contributed by atoms with Gasteiger partial charge in [0.15, 0.2) is 6.61 Å². The molecule has 1 atom stereocenters. The van der Waals surface area contributed by atoms with Crippen LogP contribution in [0.1, 0.15) is 50.5 Å². The average molecular weight is 346 g/mol. The second kappa shape index (κ2) is 9.19. The zero-order chi connectivity index (χ0) is 19.0. The van der Waals surface area contributed by atoms with Gasteiger partial charge in [-0.3, -0.25) is 4.79 Å². The summed E-state index contributed by atoms with van der Waals surface area (Å²) in [5, 5.41) is 11.8. The van der Waals surface area contributed by atoms with Gasteiger partial charge in [0.2, 0.25) is 0 Å². The number of rotatable bonds is 8. The standard InChI is InChI=1S/C19H26N2O4/c1-13(2)19(5,12-20)21-17(22)11-25-18(23)16-8-6-15(7-9-16)10-24-14(3)4/h6-9,13-14H,10-11H2,1-5H3,(H,21,22)/t19-/m1/s1. The molecule has 6 nitrogen and oxygen atoms in total. The maximum atomic E-state index is 12.0. The first-order valence-corrected chi connectivity index (χ1v) is 8.28. The second-order valence-corrected chi connectivity index (χ2v) is 6.65. The summed E-state index contributed by atoms with van der Waals surface area (Å²) in [6, 6.07) is 8.90. The monoisotopic (exact) mass is 346 g/mol. The Labute approximate surface area is 149 Å². The van der Waals surface area contributed by atoms with Gasteiger partial charge in [-0.15, -0.1) is 0 Å². The minimum atomic E-state index is -0.998. The summed E-state index contributed by atoms with van der Waals surface area (Å²) in [4.78, 5) is 23.9. The van der Waals surface area contributed by atoms with Crippen molar-refractivity contribution in [2.45, 2.75) is 52.9 Å². The second-order valence-electron chi connectivity index (χ2n) is 6.65. The first-order valence-electron chi connectivity index (χ1n) is 8.28. The Balaban J connectivity index is 2.54. The van der Waals surface area contributed by atoms with E-state index in [1.807, 2.05) is 27.7 Å². The summed E-state index contributed by atoms with van der Waals surface area (Å²) < 4.78 is 10.5. The zero-order valence-corrected chi connectivity index (χ0v) is 15.5. The predicted molar refractivity (Wildman–Crippen MR) is 93.6 cm³/mol. The largest absolute Gasteiger partial charge is 0.452 e. The summed E-state index contributed by atoms with van der Waals surface area (Å²) in [5.41, 5.74) is 0.305. The van der Waals surface area contributed by atoms with Crippen LogP contribution in [0.25, 0.3) is 0 Å². The molecular formula is C19H26N2O4. The number of hydrogen-bond acceptors (Lipinski definition) is 5. The van der Waals surface area contributed by atoms with Gasteiger partial charge >= 0.3 is 5.97 Å². The summed E-state index contributed by atoms with van der Waals surface area (Å²) in [6.45, 7) is 9.24. The summed E-state index contributed by atoms with van der Waals surface area (Å²) in [7, 11) is 0. The van der Waals surface area contributed by atoms with Crippen molar-refractivity contribution in [1.29, 1.82) is 5.26 Å². The van der Waals surface area contributed by atoms with Gasteiger partial charge in [0.05, 0.1) is 24.3 Å². The lowest BCUT2D eigenvalue weighted by molar-refractivity contribution is -0.125. The van der Waals surface area contributed by atoms with Crippen molar-refractivity contribution < 1.29 is 19.1 Å². The number of hydrogen-bond donors (Lipinski definition) is 1. The summed E-state index contributed by atoms with van der Waals surface area (Å²) in [6.07, 6.45) is 0.132. The van der Waals surface area contributed by atoms with Crippen LogP contribution in [0.15, 0.2) is 24.3 Å². The van der Waals surface area contributed by atoms with Crippen LogP contribution in [-0.2, 0) is 20.9 Å². The van der Waals surface area contributed by atoms with E-state index in [0.717, 1.165) is 5.56 Å². The number of ether oxygens (including phenoxy) is 2. The highest BCUT2D eigenvalue weighted by Crippen LogP contribution is 2.15. The van der Waals surface area contributed by atoms with Crippen LogP contribution >= 0.6 is 0 Å². The van der Waals surface area contributed by atoms with E-state index >= 15 is 0 Å². The molecule has 1 amide bonds. The molecule has 0 spiro atoms. The molecule has 0 heterocycles.